The van der Waals surface area contributed by atoms with Gasteiger partial charge in [-0.25, -0.2) is 8.42 Å². The van der Waals surface area contributed by atoms with Gasteiger partial charge >= 0.3 is 0 Å². The summed E-state index contributed by atoms with van der Waals surface area (Å²) in [5, 5.41) is 3.47. The van der Waals surface area contributed by atoms with Crippen LogP contribution in [0.2, 0.25) is 5.02 Å². The molecule has 5 aliphatic rings. The van der Waals surface area contributed by atoms with Crippen molar-refractivity contribution in [2.45, 2.75) is 56.4 Å². The molecule has 6 rings (SSSR count). The first-order valence-electron chi connectivity index (χ1n) is 11.5. The predicted molar refractivity (Wildman–Crippen MR) is 119 cm³/mol. The molecule has 1 heterocycles. The summed E-state index contributed by atoms with van der Waals surface area (Å²) in [4.78, 5) is 13.3. The molecule has 0 unspecified atom stereocenters. The number of hydrogen-bond donors (Lipinski definition) is 1. The lowest BCUT2D eigenvalue weighted by atomic mass is 9.48. The van der Waals surface area contributed by atoms with Crippen LogP contribution in [0.1, 0.15) is 55.8 Å². The Kier molecular flexibility index (Phi) is 5.60. The van der Waals surface area contributed by atoms with Gasteiger partial charge in [-0.3, -0.25) is 4.79 Å². The molecule has 1 N–H and O–H groups in total. The van der Waals surface area contributed by atoms with Crippen molar-refractivity contribution in [2.75, 3.05) is 26.3 Å². The Morgan fingerprint density at radius 3 is 2.29 bits per heavy atom. The normalized spacial score (nSPS) is 33.9. The fourth-order valence-corrected chi connectivity index (χ4v) is 8.55. The number of amides is 1. The number of carbonyl (C=O) groups is 1. The first-order valence-corrected chi connectivity index (χ1v) is 13.3. The standard InChI is InChI=1S/C23H31ClN2O4S/c1-15(23-12-16-8-17(13-23)10-18(9-16)14-23)25-22(27)20-11-19(2-3-21(20)24)31(28,29)26-4-6-30-7-5-26/h2-3,11,15-18H,4-10,12-14H2,1H3,(H,25,27)/t15-,16?,17?,18?,23?/m0/s1. The van der Waals surface area contributed by atoms with Crippen LogP contribution < -0.4 is 5.32 Å². The lowest BCUT2D eigenvalue weighted by Crippen LogP contribution is -2.55. The van der Waals surface area contributed by atoms with Gasteiger partial charge in [-0.15, -0.1) is 0 Å². The van der Waals surface area contributed by atoms with Crippen LogP contribution in [-0.2, 0) is 14.8 Å². The number of ether oxygens (including phenoxy) is 1. The Morgan fingerprint density at radius 1 is 1.13 bits per heavy atom. The number of nitrogens with zero attached hydrogens (tertiary/aromatic N) is 1. The van der Waals surface area contributed by atoms with Crippen LogP contribution in [0, 0.1) is 23.2 Å². The summed E-state index contributed by atoms with van der Waals surface area (Å²) in [5.41, 5.74) is 0.404. The predicted octanol–water partition coefficient (Wildman–Crippen LogP) is 3.70. The third kappa shape index (κ3) is 3.92. The maximum absolute atomic E-state index is 13.2. The highest BCUT2D eigenvalue weighted by molar-refractivity contribution is 7.89. The van der Waals surface area contributed by atoms with Crippen molar-refractivity contribution < 1.29 is 17.9 Å². The first kappa shape index (κ1) is 21.7. The molecule has 0 spiro atoms. The van der Waals surface area contributed by atoms with Gasteiger partial charge in [-0.1, -0.05) is 11.6 Å². The van der Waals surface area contributed by atoms with E-state index in [9.17, 15) is 13.2 Å². The van der Waals surface area contributed by atoms with Gasteiger partial charge in [0.15, 0.2) is 0 Å². The zero-order chi connectivity index (χ0) is 21.8. The number of carbonyl (C=O) groups excluding carboxylic acids is 1. The summed E-state index contributed by atoms with van der Waals surface area (Å²) in [6.07, 6.45) is 7.65. The number of morpholine rings is 1. The van der Waals surface area contributed by atoms with E-state index in [1.165, 1.54) is 61.0 Å². The zero-order valence-electron chi connectivity index (χ0n) is 18.0. The largest absolute Gasteiger partial charge is 0.379 e. The molecule has 4 aliphatic carbocycles. The fraction of sp³-hybridized carbons (Fsp3) is 0.696. The fourth-order valence-electron chi connectivity index (χ4n) is 6.91. The minimum Gasteiger partial charge on any atom is -0.379 e. The van der Waals surface area contributed by atoms with Crippen LogP contribution in [0.15, 0.2) is 23.1 Å². The molecule has 8 heteroatoms. The number of benzene rings is 1. The molecule has 31 heavy (non-hydrogen) atoms. The van der Waals surface area contributed by atoms with E-state index in [4.69, 9.17) is 16.3 Å². The Hall–Kier alpha value is -1.15. The Bertz CT molecular complexity index is 939. The van der Waals surface area contributed by atoms with E-state index in [0.29, 0.717) is 26.3 Å². The van der Waals surface area contributed by atoms with E-state index in [2.05, 4.69) is 12.2 Å². The highest BCUT2D eigenvalue weighted by atomic mass is 35.5. The van der Waals surface area contributed by atoms with E-state index in [1.54, 1.807) is 0 Å². The summed E-state index contributed by atoms with van der Waals surface area (Å²) >= 11 is 6.34. The van der Waals surface area contributed by atoms with Gasteiger partial charge in [0, 0.05) is 19.1 Å². The van der Waals surface area contributed by atoms with E-state index < -0.39 is 10.0 Å². The second kappa shape index (κ2) is 8.01. The molecule has 4 saturated carbocycles. The van der Waals surface area contributed by atoms with Gasteiger partial charge < -0.3 is 10.1 Å². The molecule has 1 atom stereocenters. The smallest absolute Gasteiger partial charge is 0.253 e. The second-order valence-electron chi connectivity index (χ2n) is 10.1. The van der Waals surface area contributed by atoms with Gasteiger partial charge in [0.1, 0.15) is 0 Å². The summed E-state index contributed by atoms with van der Waals surface area (Å²) < 4.78 is 32.7. The van der Waals surface area contributed by atoms with Gasteiger partial charge in [-0.2, -0.15) is 4.31 Å². The quantitative estimate of drug-likeness (QED) is 0.717. The monoisotopic (exact) mass is 466 g/mol. The molecule has 170 valence electrons. The van der Waals surface area contributed by atoms with Crippen molar-refractivity contribution in [3.8, 4) is 0 Å². The van der Waals surface area contributed by atoms with E-state index >= 15 is 0 Å². The van der Waals surface area contributed by atoms with Crippen LogP contribution in [0.25, 0.3) is 0 Å². The molecule has 6 nitrogen and oxygen atoms in total. The van der Waals surface area contributed by atoms with Crippen molar-refractivity contribution in [1.29, 1.82) is 0 Å². The zero-order valence-corrected chi connectivity index (χ0v) is 19.6. The third-order valence-corrected chi connectivity index (χ3v) is 10.4. The van der Waals surface area contributed by atoms with E-state index in [-0.39, 0.29) is 32.8 Å². The minimum absolute atomic E-state index is 0.0453. The topological polar surface area (TPSA) is 75.7 Å². The second-order valence-corrected chi connectivity index (χ2v) is 12.5. The van der Waals surface area contributed by atoms with Crippen LogP contribution in [0.5, 0.6) is 0 Å². The van der Waals surface area contributed by atoms with Crippen LogP contribution in [-0.4, -0.2) is 51.0 Å². The lowest BCUT2D eigenvalue weighted by Gasteiger charge is -2.59. The first-order chi connectivity index (χ1) is 14.8. The van der Waals surface area contributed by atoms with E-state index in [1.807, 2.05) is 0 Å². The summed E-state index contributed by atoms with van der Waals surface area (Å²) in [6.45, 7) is 3.50. The van der Waals surface area contributed by atoms with Crippen molar-refractivity contribution >= 4 is 27.5 Å². The Morgan fingerprint density at radius 2 is 1.71 bits per heavy atom. The maximum Gasteiger partial charge on any atom is 0.253 e. The summed E-state index contributed by atoms with van der Waals surface area (Å²) in [5.74, 6) is 2.12. The molecule has 0 aromatic heterocycles. The van der Waals surface area contributed by atoms with Crippen molar-refractivity contribution in [1.82, 2.24) is 9.62 Å². The van der Waals surface area contributed by atoms with Gasteiger partial charge in [0.05, 0.1) is 28.7 Å². The molecule has 5 fully saturated rings. The maximum atomic E-state index is 13.2. The third-order valence-electron chi connectivity index (χ3n) is 8.14. The Labute approximate surface area is 189 Å². The van der Waals surface area contributed by atoms with Crippen molar-refractivity contribution in [3.63, 3.8) is 0 Å². The number of nitrogens with one attached hydrogen (secondary N) is 1. The molecular weight excluding hydrogens is 436 g/mol. The minimum atomic E-state index is -3.69. The van der Waals surface area contributed by atoms with Crippen LogP contribution in [0.3, 0.4) is 0 Å². The average Bonchev–Trinajstić information content (AvgIpc) is 2.73. The molecule has 0 radical (unpaired) electrons. The molecular formula is C23H31ClN2O4S. The van der Waals surface area contributed by atoms with Gasteiger partial charge in [-0.05, 0) is 86.8 Å². The molecule has 1 aliphatic heterocycles. The van der Waals surface area contributed by atoms with E-state index in [0.717, 1.165) is 17.8 Å². The molecule has 1 saturated heterocycles. The summed E-state index contributed by atoms with van der Waals surface area (Å²) in [6, 6.07) is 4.46. The highest BCUT2D eigenvalue weighted by Gasteiger charge is 2.53. The highest BCUT2D eigenvalue weighted by Crippen LogP contribution is 2.61. The van der Waals surface area contributed by atoms with Crippen LogP contribution >= 0.6 is 11.6 Å². The number of sulfonamides is 1. The van der Waals surface area contributed by atoms with Crippen LogP contribution in [0.4, 0.5) is 0 Å². The Balaban J connectivity index is 1.35. The SMILES string of the molecule is C[C@H](NC(=O)c1cc(S(=O)(=O)N2CCOCC2)ccc1Cl)C12CC3CC(CC(C3)C1)C2. The number of rotatable bonds is 5. The molecule has 1 aromatic rings. The molecule has 4 bridgehead atoms. The molecule has 1 aromatic carbocycles. The number of halogens is 1. The van der Waals surface area contributed by atoms with Gasteiger partial charge in [0.25, 0.3) is 5.91 Å². The molecule has 1 amide bonds. The lowest BCUT2D eigenvalue weighted by molar-refractivity contribution is -0.0688. The van der Waals surface area contributed by atoms with Crippen molar-refractivity contribution in [2.24, 2.45) is 23.2 Å². The summed E-state index contributed by atoms with van der Waals surface area (Å²) in [7, 11) is -3.69. The van der Waals surface area contributed by atoms with Gasteiger partial charge in [0.2, 0.25) is 10.0 Å². The average molecular weight is 467 g/mol. The number of hydrogen-bond acceptors (Lipinski definition) is 4. The van der Waals surface area contributed by atoms with Crippen molar-refractivity contribution in [3.05, 3.63) is 28.8 Å².